The molecule has 12 heavy (non-hydrogen) atoms. The predicted octanol–water partition coefficient (Wildman–Crippen LogP) is 3.90. The molecule has 0 heterocycles. The van der Waals surface area contributed by atoms with E-state index in [-0.39, 0.29) is 16.1 Å². The summed E-state index contributed by atoms with van der Waals surface area (Å²) in [7, 11) is 0. The van der Waals surface area contributed by atoms with Crippen LogP contribution in [0.2, 0.25) is 5.02 Å². The summed E-state index contributed by atoms with van der Waals surface area (Å²) >= 11 is 7.23. The first-order chi connectivity index (χ1) is 5.66. The average Bonchev–Trinajstić information content (AvgIpc) is 2.08. The van der Waals surface area contributed by atoms with Crippen LogP contribution in [-0.4, -0.2) is 6.26 Å². The Morgan fingerprint density at radius 1 is 1.50 bits per heavy atom. The molecule has 0 spiro atoms. The highest BCUT2D eigenvalue weighted by atomic mass is 35.5. The lowest BCUT2D eigenvalue weighted by molar-refractivity contribution is 0.611. The summed E-state index contributed by atoms with van der Waals surface area (Å²) in [6, 6.07) is 5.10. The number of thioether (sulfide) groups is 1. The first-order valence-corrected chi connectivity index (χ1v) is 5.30. The minimum atomic E-state index is -0.291. The molecule has 0 aliphatic rings. The van der Waals surface area contributed by atoms with Gasteiger partial charge in [-0.1, -0.05) is 23.7 Å². The Bertz CT molecular complexity index is 275. The van der Waals surface area contributed by atoms with Gasteiger partial charge in [-0.05, 0) is 19.2 Å². The van der Waals surface area contributed by atoms with Crippen LogP contribution in [0, 0.1) is 5.82 Å². The second kappa shape index (κ2) is 4.15. The van der Waals surface area contributed by atoms with Gasteiger partial charge in [0.2, 0.25) is 0 Å². The van der Waals surface area contributed by atoms with Gasteiger partial charge in [0, 0.05) is 10.8 Å². The Labute approximate surface area is 81.1 Å². The van der Waals surface area contributed by atoms with Crippen molar-refractivity contribution < 1.29 is 4.39 Å². The van der Waals surface area contributed by atoms with E-state index in [0.717, 1.165) is 0 Å². The predicted molar refractivity (Wildman–Crippen MR) is 53.3 cm³/mol. The molecule has 0 N–H and O–H groups in total. The van der Waals surface area contributed by atoms with Crippen LogP contribution in [0.5, 0.6) is 0 Å². The van der Waals surface area contributed by atoms with Crippen LogP contribution in [0.15, 0.2) is 18.2 Å². The molecule has 0 saturated heterocycles. The minimum absolute atomic E-state index is 0.156. The highest BCUT2D eigenvalue weighted by Crippen LogP contribution is 2.30. The van der Waals surface area contributed by atoms with Crippen molar-refractivity contribution in [1.82, 2.24) is 0 Å². The van der Waals surface area contributed by atoms with E-state index < -0.39 is 0 Å². The molecule has 3 heteroatoms. The first-order valence-electron chi connectivity index (χ1n) is 3.63. The van der Waals surface area contributed by atoms with Gasteiger partial charge in [0.05, 0.1) is 5.02 Å². The summed E-state index contributed by atoms with van der Waals surface area (Å²) in [4.78, 5) is 0. The van der Waals surface area contributed by atoms with Gasteiger partial charge in [-0.2, -0.15) is 11.8 Å². The van der Waals surface area contributed by atoms with Crippen LogP contribution in [0.25, 0.3) is 0 Å². The lowest BCUT2D eigenvalue weighted by Gasteiger charge is -2.09. The van der Waals surface area contributed by atoms with E-state index in [4.69, 9.17) is 11.6 Å². The molecule has 1 unspecified atom stereocenters. The van der Waals surface area contributed by atoms with Crippen LogP contribution < -0.4 is 0 Å². The van der Waals surface area contributed by atoms with Crippen molar-refractivity contribution in [1.29, 1.82) is 0 Å². The average molecular weight is 205 g/mol. The van der Waals surface area contributed by atoms with E-state index in [2.05, 4.69) is 0 Å². The van der Waals surface area contributed by atoms with Gasteiger partial charge >= 0.3 is 0 Å². The van der Waals surface area contributed by atoms with Crippen LogP contribution in [0.4, 0.5) is 4.39 Å². The second-order valence-electron chi connectivity index (χ2n) is 2.52. The number of hydrogen-bond acceptors (Lipinski definition) is 1. The number of rotatable bonds is 2. The zero-order chi connectivity index (χ0) is 9.14. The third-order valence-corrected chi connectivity index (χ3v) is 3.03. The van der Waals surface area contributed by atoms with Crippen molar-refractivity contribution in [2.75, 3.05) is 6.26 Å². The van der Waals surface area contributed by atoms with Crippen molar-refractivity contribution in [3.63, 3.8) is 0 Å². The minimum Gasteiger partial charge on any atom is -0.205 e. The molecule has 0 amide bonds. The molecule has 0 fully saturated rings. The standard InChI is InChI=1S/C9H10ClFS/c1-6(12-2)7-4-3-5-8(10)9(7)11/h3-6H,1-2H3. The number of halogens is 2. The molecule has 0 nitrogen and oxygen atoms in total. The molecule has 1 rings (SSSR count). The van der Waals surface area contributed by atoms with Gasteiger partial charge in [0.1, 0.15) is 5.82 Å². The molecule has 1 aromatic carbocycles. The zero-order valence-electron chi connectivity index (χ0n) is 6.97. The molecule has 0 aromatic heterocycles. The number of benzene rings is 1. The molecular formula is C9H10ClFS. The van der Waals surface area contributed by atoms with E-state index in [0.29, 0.717) is 5.56 Å². The van der Waals surface area contributed by atoms with Gasteiger partial charge in [-0.25, -0.2) is 4.39 Å². The summed E-state index contributed by atoms with van der Waals surface area (Å²) in [5.74, 6) is -0.291. The molecule has 1 aromatic rings. The normalized spacial score (nSPS) is 13.0. The summed E-state index contributed by atoms with van der Waals surface area (Å²) < 4.78 is 13.3. The maximum Gasteiger partial charge on any atom is 0.146 e. The highest BCUT2D eigenvalue weighted by Gasteiger charge is 2.11. The van der Waals surface area contributed by atoms with Crippen LogP contribution in [0.1, 0.15) is 17.7 Å². The molecule has 66 valence electrons. The van der Waals surface area contributed by atoms with E-state index in [1.807, 2.05) is 13.2 Å². The Morgan fingerprint density at radius 3 is 2.75 bits per heavy atom. The largest absolute Gasteiger partial charge is 0.205 e. The Morgan fingerprint density at radius 2 is 2.17 bits per heavy atom. The van der Waals surface area contributed by atoms with Gasteiger partial charge in [0.25, 0.3) is 0 Å². The lowest BCUT2D eigenvalue weighted by Crippen LogP contribution is -1.92. The van der Waals surface area contributed by atoms with Gasteiger partial charge in [-0.15, -0.1) is 0 Å². The fourth-order valence-electron chi connectivity index (χ4n) is 0.961. The third-order valence-electron chi connectivity index (χ3n) is 1.77. The van der Waals surface area contributed by atoms with Gasteiger partial charge in [0.15, 0.2) is 0 Å². The Kier molecular flexibility index (Phi) is 3.41. The highest BCUT2D eigenvalue weighted by molar-refractivity contribution is 7.98. The summed E-state index contributed by atoms with van der Waals surface area (Å²) in [6.07, 6.45) is 1.95. The Balaban J connectivity index is 3.07. The summed E-state index contributed by atoms with van der Waals surface area (Å²) in [5.41, 5.74) is 0.676. The van der Waals surface area contributed by atoms with Crippen LogP contribution >= 0.6 is 23.4 Å². The quantitative estimate of drug-likeness (QED) is 0.704. The van der Waals surface area contributed by atoms with Gasteiger partial charge < -0.3 is 0 Å². The maximum absolute atomic E-state index is 13.3. The molecule has 0 radical (unpaired) electrons. The molecule has 0 saturated carbocycles. The molecule has 0 aliphatic carbocycles. The monoisotopic (exact) mass is 204 g/mol. The van der Waals surface area contributed by atoms with E-state index >= 15 is 0 Å². The Hall–Kier alpha value is -0.210. The van der Waals surface area contributed by atoms with Crippen molar-refractivity contribution in [2.45, 2.75) is 12.2 Å². The van der Waals surface area contributed by atoms with Crippen LogP contribution in [0.3, 0.4) is 0 Å². The summed E-state index contributed by atoms with van der Waals surface area (Å²) in [5, 5.41) is 0.358. The maximum atomic E-state index is 13.3. The topological polar surface area (TPSA) is 0 Å². The third kappa shape index (κ3) is 1.93. The second-order valence-corrected chi connectivity index (χ2v) is 4.11. The lowest BCUT2D eigenvalue weighted by atomic mass is 10.1. The zero-order valence-corrected chi connectivity index (χ0v) is 8.55. The van der Waals surface area contributed by atoms with E-state index in [1.54, 1.807) is 30.0 Å². The van der Waals surface area contributed by atoms with E-state index in [9.17, 15) is 4.39 Å². The molecule has 0 aliphatic heterocycles. The van der Waals surface area contributed by atoms with Gasteiger partial charge in [-0.3, -0.25) is 0 Å². The van der Waals surface area contributed by atoms with Crippen molar-refractivity contribution in [2.24, 2.45) is 0 Å². The fraction of sp³-hybridized carbons (Fsp3) is 0.333. The number of hydrogen-bond donors (Lipinski definition) is 0. The van der Waals surface area contributed by atoms with E-state index in [1.165, 1.54) is 0 Å². The summed E-state index contributed by atoms with van der Waals surface area (Å²) in [6.45, 7) is 1.96. The molecule has 0 bridgehead atoms. The van der Waals surface area contributed by atoms with Crippen molar-refractivity contribution in [3.8, 4) is 0 Å². The first kappa shape index (κ1) is 9.87. The smallest absolute Gasteiger partial charge is 0.146 e. The fourth-order valence-corrected chi connectivity index (χ4v) is 1.58. The van der Waals surface area contributed by atoms with Crippen molar-refractivity contribution >= 4 is 23.4 Å². The SMILES string of the molecule is CSC(C)c1cccc(Cl)c1F. The molecule has 1 atom stereocenters. The van der Waals surface area contributed by atoms with Crippen LogP contribution in [-0.2, 0) is 0 Å². The molecular weight excluding hydrogens is 195 g/mol. The van der Waals surface area contributed by atoms with Crippen molar-refractivity contribution in [3.05, 3.63) is 34.6 Å².